The van der Waals surface area contributed by atoms with E-state index in [4.69, 9.17) is 4.74 Å². The van der Waals surface area contributed by atoms with E-state index < -0.39 is 12.1 Å². The van der Waals surface area contributed by atoms with Gasteiger partial charge in [-0.25, -0.2) is 4.79 Å². The van der Waals surface area contributed by atoms with Crippen LogP contribution in [0.15, 0.2) is 54.6 Å². The Morgan fingerprint density at radius 2 is 1.74 bits per heavy atom. The minimum Gasteiger partial charge on any atom is -0.497 e. The van der Waals surface area contributed by atoms with Crippen LogP contribution in [0.5, 0.6) is 5.75 Å². The minimum atomic E-state index is -0.729. The van der Waals surface area contributed by atoms with Crippen molar-refractivity contribution in [3.63, 3.8) is 0 Å². The van der Waals surface area contributed by atoms with Crippen LogP contribution < -0.4 is 20.7 Å². The smallest absolute Gasteiger partial charge is 0.319 e. The first-order valence-electron chi connectivity index (χ1n) is 9.91. The summed E-state index contributed by atoms with van der Waals surface area (Å²) in [5, 5.41) is 17.6. The van der Waals surface area contributed by atoms with Crippen LogP contribution in [-0.4, -0.2) is 35.3 Å². The van der Waals surface area contributed by atoms with Crippen molar-refractivity contribution in [3.05, 3.63) is 54.6 Å². The summed E-state index contributed by atoms with van der Waals surface area (Å²) >= 11 is 1.28. The van der Waals surface area contributed by atoms with Gasteiger partial charge in [-0.1, -0.05) is 61.9 Å². The number of nitrogens with zero attached hydrogens (tertiary/aromatic N) is 2. The molecule has 31 heavy (non-hydrogen) atoms. The number of hydrogen-bond donors (Lipinski definition) is 3. The first kappa shape index (κ1) is 22.2. The van der Waals surface area contributed by atoms with Gasteiger partial charge in [0.25, 0.3) is 0 Å². The summed E-state index contributed by atoms with van der Waals surface area (Å²) in [6, 6.07) is 15.4. The summed E-state index contributed by atoms with van der Waals surface area (Å²) in [5.41, 5.74) is 1.52. The maximum Gasteiger partial charge on any atom is 0.319 e. The Morgan fingerprint density at radius 1 is 1.03 bits per heavy atom. The maximum atomic E-state index is 12.9. The summed E-state index contributed by atoms with van der Waals surface area (Å²) in [4.78, 5) is 25.4. The van der Waals surface area contributed by atoms with Crippen molar-refractivity contribution >= 4 is 34.1 Å². The molecule has 9 heteroatoms. The fourth-order valence-electron chi connectivity index (χ4n) is 2.84. The molecule has 0 spiro atoms. The van der Waals surface area contributed by atoms with Gasteiger partial charge in [-0.2, -0.15) is 0 Å². The molecule has 3 rings (SSSR count). The van der Waals surface area contributed by atoms with E-state index in [0.717, 1.165) is 5.56 Å². The highest BCUT2D eigenvalue weighted by molar-refractivity contribution is 7.18. The quantitative estimate of drug-likeness (QED) is 0.483. The first-order valence-corrected chi connectivity index (χ1v) is 10.7. The lowest BCUT2D eigenvalue weighted by molar-refractivity contribution is -0.119. The summed E-state index contributed by atoms with van der Waals surface area (Å²) < 4.78 is 5.11. The number of rotatable bonds is 8. The summed E-state index contributed by atoms with van der Waals surface area (Å²) in [6.45, 7) is 3.87. The molecule has 3 amide bonds. The maximum absolute atomic E-state index is 12.9. The molecule has 2 aromatic carbocycles. The lowest BCUT2D eigenvalue weighted by Gasteiger charge is -2.23. The van der Waals surface area contributed by atoms with E-state index in [0.29, 0.717) is 28.0 Å². The van der Waals surface area contributed by atoms with Crippen molar-refractivity contribution in [2.45, 2.75) is 26.3 Å². The molecular weight excluding hydrogens is 414 g/mol. The molecule has 3 aromatic rings. The number of hydrogen-bond acceptors (Lipinski definition) is 6. The molecule has 2 atom stereocenters. The Hall–Kier alpha value is -3.46. The zero-order valence-corrected chi connectivity index (χ0v) is 18.4. The molecule has 2 unspecified atom stereocenters. The molecule has 162 valence electrons. The largest absolute Gasteiger partial charge is 0.497 e. The third-order valence-electron chi connectivity index (χ3n) is 4.81. The monoisotopic (exact) mass is 439 g/mol. The van der Waals surface area contributed by atoms with Crippen LogP contribution in [0.1, 0.15) is 20.3 Å². The Labute approximate surface area is 185 Å². The molecule has 0 saturated carbocycles. The molecule has 0 saturated heterocycles. The Bertz CT molecular complexity index is 1010. The van der Waals surface area contributed by atoms with Crippen LogP contribution >= 0.6 is 11.3 Å². The number of ether oxygens (including phenoxy) is 1. The van der Waals surface area contributed by atoms with Crippen molar-refractivity contribution in [3.8, 4) is 16.3 Å². The predicted molar refractivity (Wildman–Crippen MR) is 122 cm³/mol. The zero-order chi connectivity index (χ0) is 22.2. The van der Waals surface area contributed by atoms with Crippen LogP contribution in [0.3, 0.4) is 0 Å². The third-order valence-corrected chi connectivity index (χ3v) is 5.69. The van der Waals surface area contributed by atoms with Gasteiger partial charge in [0, 0.05) is 11.3 Å². The molecule has 3 N–H and O–H groups in total. The number of carbonyl (C=O) groups is 2. The first-order chi connectivity index (χ1) is 15.0. The third kappa shape index (κ3) is 6.02. The van der Waals surface area contributed by atoms with Crippen molar-refractivity contribution in [2.75, 3.05) is 17.7 Å². The molecule has 0 aliphatic heterocycles. The highest BCUT2D eigenvalue weighted by atomic mass is 32.1. The average Bonchev–Trinajstić information content (AvgIpc) is 3.26. The van der Waals surface area contributed by atoms with Gasteiger partial charge in [0.15, 0.2) is 0 Å². The standard InChI is InChI=1S/C22H25N5O3S/c1-4-14(2)18(24-21(29)23-16-10-12-17(30-3)13-11-16)19(28)25-22-27-26-20(31-22)15-8-6-5-7-9-15/h5-14,18H,4H2,1-3H3,(H2,23,24,29)(H,25,27,28). The molecule has 0 fully saturated rings. The number of carbonyl (C=O) groups excluding carboxylic acids is 2. The van der Waals surface area contributed by atoms with E-state index in [1.807, 2.05) is 44.2 Å². The van der Waals surface area contributed by atoms with Gasteiger partial charge in [-0.15, -0.1) is 10.2 Å². The second-order valence-corrected chi connectivity index (χ2v) is 7.94. The van der Waals surface area contributed by atoms with Crippen LogP contribution in [0.25, 0.3) is 10.6 Å². The Balaban J connectivity index is 1.65. The Morgan fingerprint density at radius 3 is 2.39 bits per heavy atom. The fourth-order valence-corrected chi connectivity index (χ4v) is 3.59. The van der Waals surface area contributed by atoms with Crippen LogP contribution in [0.4, 0.5) is 15.6 Å². The number of amides is 3. The lowest BCUT2D eigenvalue weighted by atomic mass is 9.98. The number of anilines is 2. The van der Waals surface area contributed by atoms with E-state index in [2.05, 4.69) is 26.1 Å². The topological polar surface area (TPSA) is 105 Å². The molecule has 0 radical (unpaired) electrons. The van der Waals surface area contributed by atoms with Gasteiger partial charge >= 0.3 is 6.03 Å². The van der Waals surface area contributed by atoms with Crippen molar-refractivity contribution in [1.82, 2.24) is 15.5 Å². The SMILES string of the molecule is CCC(C)C(NC(=O)Nc1ccc(OC)cc1)C(=O)Nc1nnc(-c2ccccc2)s1. The summed E-state index contributed by atoms with van der Waals surface area (Å²) in [5.74, 6) is 0.271. The molecule has 1 heterocycles. The van der Waals surface area contributed by atoms with Crippen molar-refractivity contribution in [1.29, 1.82) is 0 Å². The van der Waals surface area contributed by atoms with Crippen LogP contribution in [-0.2, 0) is 4.79 Å². The van der Waals surface area contributed by atoms with E-state index in [9.17, 15) is 9.59 Å². The second kappa shape index (κ2) is 10.5. The number of methoxy groups -OCH3 is 1. The van der Waals surface area contributed by atoms with Crippen molar-refractivity contribution < 1.29 is 14.3 Å². The van der Waals surface area contributed by atoms with Gasteiger partial charge in [0.1, 0.15) is 16.8 Å². The molecule has 0 aliphatic rings. The van der Waals surface area contributed by atoms with Gasteiger partial charge in [-0.05, 0) is 30.2 Å². The molecule has 8 nitrogen and oxygen atoms in total. The van der Waals surface area contributed by atoms with Gasteiger partial charge < -0.3 is 15.4 Å². The average molecular weight is 440 g/mol. The van der Waals surface area contributed by atoms with E-state index in [-0.39, 0.29) is 11.8 Å². The highest BCUT2D eigenvalue weighted by Crippen LogP contribution is 2.26. The number of benzene rings is 2. The van der Waals surface area contributed by atoms with E-state index >= 15 is 0 Å². The molecule has 0 aliphatic carbocycles. The van der Waals surface area contributed by atoms with Crippen LogP contribution in [0.2, 0.25) is 0 Å². The number of urea groups is 1. The zero-order valence-electron chi connectivity index (χ0n) is 17.6. The number of aromatic nitrogens is 2. The van der Waals surface area contributed by atoms with Gasteiger partial charge in [-0.3, -0.25) is 10.1 Å². The second-order valence-electron chi connectivity index (χ2n) is 6.96. The highest BCUT2D eigenvalue weighted by Gasteiger charge is 2.27. The molecular formula is C22H25N5O3S. The molecule has 1 aromatic heterocycles. The minimum absolute atomic E-state index is 0.0804. The van der Waals surface area contributed by atoms with E-state index in [1.165, 1.54) is 11.3 Å². The van der Waals surface area contributed by atoms with Gasteiger partial charge in [0.05, 0.1) is 7.11 Å². The van der Waals surface area contributed by atoms with Crippen LogP contribution in [0, 0.1) is 5.92 Å². The fraction of sp³-hybridized carbons (Fsp3) is 0.273. The summed E-state index contributed by atoms with van der Waals surface area (Å²) in [7, 11) is 1.57. The van der Waals surface area contributed by atoms with E-state index in [1.54, 1.807) is 31.4 Å². The predicted octanol–water partition coefficient (Wildman–Crippen LogP) is 4.39. The Kier molecular flexibility index (Phi) is 7.55. The van der Waals surface area contributed by atoms with Gasteiger partial charge in [0.2, 0.25) is 11.0 Å². The molecule has 0 bridgehead atoms. The van der Waals surface area contributed by atoms with Crippen molar-refractivity contribution in [2.24, 2.45) is 5.92 Å². The lowest BCUT2D eigenvalue weighted by Crippen LogP contribution is -2.49. The number of nitrogens with one attached hydrogen (secondary N) is 3. The summed E-state index contributed by atoms with van der Waals surface area (Å²) in [6.07, 6.45) is 0.715. The normalized spacial score (nSPS) is 12.5.